The van der Waals surface area contributed by atoms with E-state index < -0.39 is 0 Å². The van der Waals surface area contributed by atoms with Gasteiger partial charge in [0.15, 0.2) is 0 Å². The third-order valence-corrected chi connectivity index (χ3v) is 5.95. The minimum atomic E-state index is -0.293. The van der Waals surface area contributed by atoms with Gasteiger partial charge in [-0.1, -0.05) is 36.4 Å². The standard InChI is InChI=1S/C28H31N3O4/c1-20-18-31(14-15-35-20)19-22-7-5-6-21(16-22)17-29-28(33)25-8-3-4-9-26(25)30-27(32)23-10-12-24(34-2)13-11-23/h3-13,16,20H,14-15,17-19H2,1-2H3,(H,29,33)(H,30,32). The highest BCUT2D eigenvalue weighted by Gasteiger charge is 2.17. The molecule has 0 saturated carbocycles. The van der Waals surface area contributed by atoms with Crippen LogP contribution < -0.4 is 15.4 Å². The van der Waals surface area contributed by atoms with E-state index in [1.165, 1.54) is 5.56 Å². The van der Waals surface area contributed by atoms with Crippen LogP contribution in [0.2, 0.25) is 0 Å². The summed E-state index contributed by atoms with van der Waals surface area (Å²) in [4.78, 5) is 28.1. The van der Waals surface area contributed by atoms with Gasteiger partial charge in [0, 0.05) is 31.7 Å². The molecule has 0 aliphatic carbocycles. The molecule has 4 rings (SSSR count). The third-order valence-electron chi connectivity index (χ3n) is 5.95. The van der Waals surface area contributed by atoms with Crippen molar-refractivity contribution in [1.29, 1.82) is 0 Å². The van der Waals surface area contributed by atoms with E-state index in [1.807, 2.05) is 12.1 Å². The van der Waals surface area contributed by atoms with Gasteiger partial charge in [-0.3, -0.25) is 14.5 Å². The number of carbonyl (C=O) groups is 2. The molecule has 3 aromatic carbocycles. The van der Waals surface area contributed by atoms with Crippen molar-refractivity contribution < 1.29 is 19.1 Å². The lowest BCUT2D eigenvalue weighted by atomic mass is 10.1. The fraction of sp³-hybridized carbons (Fsp3) is 0.286. The Kier molecular flexibility index (Phi) is 8.13. The highest BCUT2D eigenvalue weighted by Crippen LogP contribution is 2.18. The van der Waals surface area contributed by atoms with Gasteiger partial charge in [0.05, 0.1) is 31.1 Å². The highest BCUT2D eigenvalue weighted by atomic mass is 16.5. The Labute approximate surface area is 206 Å². The summed E-state index contributed by atoms with van der Waals surface area (Å²) in [6.07, 6.45) is 0.247. The number of anilines is 1. The molecule has 1 atom stereocenters. The largest absolute Gasteiger partial charge is 0.497 e. The molecule has 182 valence electrons. The van der Waals surface area contributed by atoms with E-state index in [9.17, 15) is 9.59 Å². The predicted molar refractivity (Wildman–Crippen MR) is 136 cm³/mol. The molecule has 0 bridgehead atoms. The summed E-state index contributed by atoms with van der Waals surface area (Å²) in [6, 6.07) is 22.1. The number of methoxy groups -OCH3 is 1. The van der Waals surface area contributed by atoms with Crippen molar-refractivity contribution in [3.63, 3.8) is 0 Å². The number of amides is 2. The molecule has 0 aromatic heterocycles. The molecule has 3 aromatic rings. The molecule has 1 fully saturated rings. The number of carbonyl (C=O) groups excluding carboxylic acids is 2. The average molecular weight is 474 g/mol. The smallest absolute Gasteiger partial charge is 0.255 e. The van der Waals surface area contributed by atoms with Crippen molar-refractivity contribution in [2.24, 2.45) is 0 Å². The maximum absolute atomic E-state index is 13.0. The first-order valence-electron chi connectivity index (χ1n) is 11.8. The second-order valence-corrected chi connectivity index (χ2v) is 8.65. The number of benzene rings is 3. The van der Waals surface area contributed by atoms with Crippen LogP contribution in [0.4, 0.5) is 5.69 Å². The zero-order chi connectivity index (χ0) is 24.6. The number of nitrogens with one attached hydrogen (secondary N) is 2. The van der Waals surface area contributed by atoms with Gasteiger partial charge < -0.3 is 20.1 Å². The Hall–Kier alpha value is -3.68. The molecule has 1 saturated heterocycles. The van der Waals surface area contributed by atoms with Gasteiger partial charge in [0.25, 0.3) is 11.8 Å². The highest BCUT2D eigenvalue weighted by molar-refractivity contribution is 6.09. The van der Waals surface area contributed by atoms with Crippen LogP contribution in [-0.4, -0.2) is 49.6 Å². The predicted octanol–water partition coefficient (Wildman–Crippen LogP) is 4.10. The number of hydrogen-bond acceptors (Lipinski definition) is 5. The number of para-hydroxylation sites is 1. The first kappa shape index (κ1) is 24.4. The van der Waals surface area contributed by atoms with Crippen LogP contribution in [0.25, 0.3) is 0 Å². The number of hydrogen-bond donors (Lipinski definition) is 2. The normalized spacial score (nSPS) is 15.9. The maximum Gasteiger partial charge on any atom is 0.255 e. The van der Waals surface area contributed by atoms with Gasteiger partial charge in [-0.2, -0.15) is 0 Å². The van der Waals surface area contributed by atoms with Gasteiger partial charge >= 0.3 is 0 Å². The van der Waals surface area contributed by atoms with E-state index in [4.69, 9.17) is 9.47 Å². The average Bonchev–Trinajstić information content (AvgIpc) is 2.88. The van der Waals surface area contributed by atoms with Crippen LogP contribution in [0.15, 0.2) is 72.8 Å². The van der Waals surface area contributed by atoms with E-state index in [2.05, 4.69) is 34.6 Å². The van der Waals surface area contributed by atoms with Gasteiger partial charge in [0.1, 0.15) is 5.75 Å². The van der Waals surface area contributed by atoms with Crippen LogP contribution in [0.3, 0.4) is 0 Å². The molecular weight excluding hydrogens is 442 g/mol. The first-order valence-corrected chi connectivity index (χ1v) is 11.8. The fourth-order valence-electron chi connectivity index (χ4n) is 4.13. The molecule has 35 heavy (non-hydrogen) atoms. The Bertz CT molecular complexity index is 1160. The van der Waals surface area contributed by atoms with Crippen molar-refractivity contribution in [1.82, 2.24) is 10.2 Å². The molecule has 1 heterocycles. The van der Waals surface area contributed by atoms with Crippen LogP contribution in [0, 0.1) is 0 Å². The molecule has 7 heteroatoms. The van der Waals surface area contributed by atoms with Crippen LogP contribution in [0.5, 0.6) is 5.75 Å². The lowest BCUT2D eigenvalue weighted by Crippen LogP contribution is -2.40. The summed E-state index contributed by atoms with van der Waals surface area (Å²) in [5, 5.41) is 5.83. The van der Waals surface area contributed by atoms with Crippen molar-refractivity contribution in [2.45, 2.75) is 26.1 Å². The van der Waals surface area contributed by atoms with Gasteiger partial charge in [-0.25, -0.2) is 0 Å². The monoisotopic (exact) mass is 473 g/mol. The van der Waals surface area contributed by atoms with E-state index in [0.717, 1.165) is 31.8 Å². The van der Waals surface area contributed by atoms with Crippen LogP contribution in [0.1, 0.15) is 38.8 Å². The van der Waals surface area contributed by atoms with Gasteiger partial charge in [0.2, 0.25) is 0 Å². The molecule has 0 radical (unpaired) electrons. The zero-order valence-electron chi connectivity index (χ0n) is 20.1. The van der Waals surface area contributed by atoms with Gasteiger partial charge in [-0.15, -0.1) is 0 Å². The Morgan fingerprint density at radius 1 is 1.00 bits per heavy atom. The topological polar surface area (TPSA) is 79.9 Å². The fourth-order valence-corrected chi connectivity index (χ4v) is 4.13. The van der Waals surface area contributed by atoms with Crippen molar-refractivity contribution in [2.75, 3.05) is 32.1 Å². The second-order valence-electron chi connectivity index (χ2n) is 8.65. The number of rotatable bonds is 8. The summed E-state index contributed by atoms with van der Waals surface area (Å²) < 4.78 is 10.8. The summed E-state index contributed by atoms with van der Waals surface area (Å²) >= 11 is 0. The summed E-state index contributed by atoms with van der Waals surface area (Å²) in [5.74, 6) is 0.131. The zero-order valence-corrected chi connectivity index (χ0v) is 20.1. The lowest BCUT2D eigenvalue weighted by Gasteiger charge is -2.31. The lowest BCUT2D eigenvalue weighted by molar-refractivity contribution is -0.0212. The molecule has 2 N–H and O–H groups in total. The minimum Gasteiger partial charge on any atom is -0.497 e. The SMILES string of the molecule is COc1ccc(C(=O)Nc2ccccc2C(=O)NCc2cccc(CN3CCOC(C)C3)c2)cc1. The Morgan fingerprint density at radius 2 is 1.77 bits per heavy atom. The second kappa shape index (κ2) is 11.6. The molecule has 1 aliphatic heterocycles. The van der Waals surface area contributed by atoms with E-state index >= 15 is 0 Å². The van der Waals surface area contributed by atoms with E-state index in [-0.39, 0.29) is 17.9 Å². The van der Waals surface area contributed by atoms with E-state index in [1.54, 1.807) is 55.6 Å². The number of morpholine rings is 1. The first-order chi connectivity index (χ1) is 17.0. The summed E-state index contributed by atoms with van der Waals surface area (Å²) in [7, 11) is 1.57. The molecular formula is C28H31N3O4. The van der Waals surface area contributed by atoms with Crippen LogP contribution in [-0.2, 0) is 17.8 Å². The summed E-state index contributed by atoms with van der Waals surface area (Å²) in [6.45, 7) is 5.94. The number of ether oxygens (including phenoxy) is 2. The Morgan fingerprint density at radius 3 is 2.54 bits per heavy atom. The van der Waals surface area contributed by atoms with Crippen molar-refractivity contribution >= 4 is 17.5 Å². The quantitative estimate of drug-likeness (QED) is 0.515. The van der Waals surface area contributed by atoms with Gasteiger partial charge in [-0.05, 0) is 54.4 Å². The Balaban J connectivity index is 1.37. The van der Waals surface area contributed by atoms with E-state index in [0.29, 0.717) is 29.1 Å². The maximum atomic E-state index is 13.0. The molecule has 2 amide bonds. The van der Waals surface area contributed by atoms with Crippen LogP contribution >= 0.6 is 0 Å². The molecule has 0 spiro atoms. The minimum absolute atomic E-state index is 0.247. The third kappa shape index (κ3) is 6.68. The molecule has 1 aliphatic rings. The molecule has 1 unspecified atom stereocenters. The summed E-state index contributed by atoms with van der Waals surface area (Å²) in [5.41, 5.74) is 3.58. The molecule has 7 nitrogen and oxygen atoms in total. The van der Waals surface area contributed by atoms with Crippen molar-refractivity contribution in [3.05, 3.63) is 95.1 Å². The van der Waals surface area contributed by atoms with Crippen molar-refractivity contribution in [3.8, 4) is 5.75 Å². The number of nitrogens with zero attached hydrogens (tertiary/aromatic N) is 1.